The lowest BCUT2D eigenvalue weighted by molar-refractivity contribution is 0.0781. The summed E-state index contributed by atoms with van der Waals surface area (Å²) in [6.07, 6.45) is 9.01. The molecular weight excluding hydrogens is 519 g/mol. The van der Waals surface area contributed by atoms with Crippen LogP contribution >= 0.6 is 24.3 Å². The van der Waals surface area contributed by atoms with Crippen LogP contribution in [0.4, 0.5) is 14.5 Å². The highest BCUT2D eigenvalue weighted by Crippen LogP contribution is 2.49. The molecule has 0 unspecified atom stereocenters. The molecule has 0 saturated carbocycles. The average Bonchev–Trinajstić information content (AvgIpc) is 2.79. The van der Waals surface area contributed by atoms with Crippen LogP contribution in [0, 0.1) is 6.92 Å². The molecule has 0 aliphatic heterocycles. The molecule has 0 atom stereocenters. The van der Waals surface area contributed by atoms with Gasteiger partial charge in [-0.05, 0) is 72.0 Å². The minimum absolute atomic E-state index is 0.0492. The van der Waals surface area contributed by atoms with Gasteiger partial charge in [0.1, 0.15) is 0 Å². The fraction of sp³-hybridized carbons (Fsp3) is 0.333. The Kier molecular flexibility index (Phi) is 16.6. The van der Waals surface area contributed by atoms with E-state index in [4.69, 9.17) is 15.5 Å². The summed E-state index contributed by atoms with van der Waals surface area (Å²) in [5.74, 6) is 0. The quantitative estimate of drug-likeness (QED) is 0.125. The van der Waals surface area contributed by atoms with Crippen LogP contribution in [0.3, 0.4) is 0 Å². The topological polar surface area (TPSA) is 66.5 Å². The molecule has 0 amide bonds. The SMILES string of the molecule is C/C=C/CC/C=C(/Cc1ccccc1)c1cc(N)ccc1C.C=C(Br)CC(F)(F)P(O)O.CC. The molecule has 4 N–H and O–H groups in total. The highest BCUT2D eigenvalue weighted by molar-refractivity contribution is 9.11. The highest BCUT2D eigenvalue weighted by Gasteiger charge is 2.38. The van der Waals surface area contributed by atoms with Gasteiger partial charge in [0, 0.05) is 5.69 Å². The first-order valence-corrected chi connectivity index (χ1v) is 13.2. The molecule has 0 heterocycles. The molecule has 0 bridgehead atoms. The van der Waals surface area contributed by atoms with Crippen LogP contribution in [-0.4, -0.2) is 15.5 Å². The van der Waals surface area contributed by atoms with Crippen molar-refractivity contribution in [1.82, 2.24) is 0 Å². The molecule has 0 radical (unpaired) electrons. The van der Waals surface area contributed by atoms with Gasteiger partial charge in [0.2, 0.25) is 8.38 Å². The van der Waals surface area contributed by atoms with Crippen LogP contribution in [-0.2, 0) is 6.42 Å². The Bertz CT molecular complexity index is 916. The summed E-state index contributed by atoms with van der Waals surface area (Å²) in [4.78, 5) is 16.3. The first-order chi connectivity index (χ1) is 16.1. The van der Waals surface area contributed by atoms with Crippen molar-refractivity contribution in [2.45, 2.75) is 59.0 Å². The van der Waals surface area contributed by atoms with E-state index in [0.29, 0.717) is 0 Å². The Balaban J connectivity index is 0.000000767. The van der Waals surface area contributed by atoms with Gasteiger partial charge in [0.15, 0.2) is 0 Å². The number of anilines is 1. The van der Waals surface area contributed by atoms with Gasteiger partial charge in [-0.1, -0.05) is 91.0 Å². The minimum Gasteiger partial charge on any atom is -0.399 e. The summed E-state index contributed by atoms with van der Waals surface area (Å²) in [5.41, 5.74) is 8.62. The van der Waals surface area contributed by atoms with E-state index in [0.717, 1.165) is 24.9 Å². The Labute approximate surface area is 213 Å². The van der Waals surface area contributed by atoms with Crippen molar-refractivity contribution in [3.05, 3.63) is 94.5 Å². The molecule has 2 aromatic rings. The third-order valence-electron chi connectivity index (χ3n) is 4.50. The van der Waals surface area contributed by atoms with Crippen LogP contribution < -0.4 is 5.73 Å². The van der Waals surface area contributed by atoms with Crippen LogP contribution in [0.1, 0.15) is 56.7 Å². The largest absolute Gasteiger partial charge is 0.399 e. The molecule has 0 saturated heterocycles. The highest BCUT2D eigenvalue weighted by atomic mass is 79.9. The van der Waals surface area contributed by atoms with E-state index in [1.165, 1.54) is 22.3 Å². The maximum absolute atomic E-state index is 12.2. The lowest BCUT2D eigenvalue weighted by Crippen LogP contribution is -2.12. The van der Waals surface area contributed by atoms with Crippen molar-refractivity contribution in [2.75, 3.05) is 5.73 Å². The first kappa shape index (κ1) is 32.1. The van der Waals surface area contributed by atoms with Gasteiger partial charge in [-0.25, -0.2) is 0 Å². The maximum Gasteiger partial charge on any atom is 0.319 e. The third kappa shape index (κ3) is 13.1. The fourth-order valence-electron chi connectivity index (χ4n) is 2.90. The van der Waals surface area contributed by atoms with Crippen molar-refractivity contribution in [3.8, 4) is 0 Å². The second kappa shape index (κ2) is 17.6. The molecule has 0 aromatic heterocycles. The molecular formula is C27H37BrF2NO2P. The van der Waals surface area contributed by atoms with E-state index < -0.39 is 20.5 Å². The van der Waals surface area contributed by atoms with Crippen LogP contribution in [0.15, 0.2) is 77.8 Å². The molecule has 3 nitrogen and oxygen atoms in total. The van der Waals surface area contributed by atoms with Crippen molar-refractivity contribution in [2.24, 2.45) is 0 Å². The van der Waals surface area contributed by atoms with E-state index >= 15 is 0 Å². The number of benzene rings is 2. The average molecular weight is 556 g/mol. The van der Waals surface area contributed by atoms with E-state index in [1.807, 2.05) is 19.9 Å². The number of alkyl halides is 2. The lowest BCUT2D eigenvalue weighted by atomic mass is 9.93. The van der Waals surface area contributed by atoms with Crippen LogP contribution in [0.5, 0.6) is 0 Å². The summed E-state index contributed by atoms with van der Waals surface area (Å²) >= 11 is 2.69. The van der Waals surface area contributed by atoms with Crippen molar-refractivity contribution in [3.63, 3.8) is 0 Å². The first-order valence-electron chi connectivity index (χ1n) is 11.2. The molecule has 0 spiro atoms. The standard InChI is InChI=1S/C21H25N.C4H6BrF2O2P.C2H6/c1-3-4-5-9-12-19(15-18-10-7-6-8-11-18)21-16-20(22)14-13-17(21)2;1-3(5)2-4(6,7)10(8)9;1-2/h3-4,6-8,10-14,16H,5,9,15,22H2,1-2H3;8-9H,1-2H2;1-2H3/b4-3+,19-12-;;. The maximum atomic E-state index is 12.2. The normalized spacial score (nSPS) is 11.5. The smallest absolute Gasteiger partial charge is 0.319 e. The van der Waals surface area contributed by atoms with E-state index in [9.17, 15) is 8.78 Å². The third-order valence-corrected chi connectivity index (χ3v) is 5.53. The summed E-state index contributed by atoms with van der Waals surface area (Å²) in [5, 5.41) is 0. The number of nitrogen functional groups attached to an aromatic ring is 1. The summed E-state index contributed by atoms with van der Waals surface area (Å²) < 4.78 is 24.5. The number of hydrogen-bond donors (Lipinski definition) is 3. The predicted octanol–water partition coefficient (Wildman–Crippen LogP) is 8.76. The molecule has 0 aliphatic rings. The molecule has 0 fully saturated rings. The number of hydrogen-bond acceptors (Lipinski definition) is 3. The van der Waals surface area contributed by atoms with Gasteiger partial charge in [-0.3, -0.25) is 0 Å². The van der Waals surface area contributed by atoms with E-state index in [2.05, 4.69) is 97.0 Å². The Morgan fingerprint density at radius 3 is 2.24 bits per heavy atom. The van der Waals surface area contributed by atoms with Gasteiger partial charge in [-0.2, -0.15) is 8.78 Å². The van der Waals surface area contributed by atoms with Gasteiger partial charge < -0.3 is 15.5 Å². The number of halogens is 3. The number of allylic oxidation sites excluding steroid dienone is 5. The van der Waals surface area contributed by atoms with Gasteiger partial charge in [0.25, 0.3) is 0 Å². The second-order valence-corrected chi connectivity index (χ2v) is 9.62. The molecule has 188 valence electrons. The Morgan fingerprint density at radius 1 is 1.12 bits per heavy atom. The van der Waals surface area contributed by atoms with E-state index in [1.54, 1.807) is 0 Å². The van der Waals surface area contributed by atoms with Crippen molar-refractivity contribution >= 4 is 35.6 Å². The fourth-order valence-corrected chi connectivity index (χ4v) is 3.80. The Morgan fingerprint density at radius 2 is 1.74 bits per heavy atom. The lowest BCUT2D eigenvalue weighted by Gasteiger charge is -2.15. The van der Waals surface area contributed by atoms with Crippen LogP contribution in [0.2, 0.25) is 0 Å². The zero-order chi connectivity index (χ0) is 26.1. The number of aryl methyl sites for hydroxylation is 1. The summed E-state index contributed by atoms with van der Waals surface area (Å²) in [6, 6.07) is 16.8. The molecule has 2 aromatic carbocycles. The van der Waals surface area contributed by atoms with Gasteiger partial charge >= 0.3 is 5.66 Å². The zero-order valence-electron chi connectivity index (χ0n) is 20.4. The Hall–Kier alpha value is -1.85. The zero-order valence-corrected chi connectivity index (χ0v) is 22.9. The van der Waals surface area contributed by atoms with Crippen molar-refractivity contribution in [1.29, 1.82) is 0 Å². The van der Waals surface area contributed by atoms with Crippen molar-refractivity contribution < 1.29 is 18.6 Å². The number of unbranched alkanes of at least 4 members (excludes halogenated alkanes) is 1. The summed E-state index contributed by atoms with van der Waals surface area (Å²) in [6.45, 7) is 11.4. The number of rotatable bonds is 9. The molecule has 2 rings (SSSR count). The number of nitrogens with two attached hydrogens (primary N) is 1. The second-order valence-electron chi connectivity index (χ2n) is 7.26. The van der Waals surface area contributed by atoms with E-state index in [-0.39, 0.29) is 4.48 Å². The predicted molar refractivity (Wildman–Crippen MR) is 148 cm³/mol. The summed E-state index contributed by atoms with van der Waals surface area (Å²) in [7, 11) is -3.20. The minimum atomic E-state index is -3.45. The van der Waals surface area contributed by atoms with Crippen LogP contribution in [0.25, 0.3) is 5.57 Å². The van der Waals surface area contributed by atoms with Gasteiger partial charge in [-0.15, -0.1) is 0 Å². The molecule has 0 aliphatic carbocycles. The molecule has 34 heavy (non-hydrogen) atoms. The van der Waals surface area contributed by atoms with Gasteiger partial charge in [0.05, 0.1) is 6.42 Å². The molecule has 7 heteroatoms. The monoisotopic (exact) mass is 555 g/mol.